The van der Waals surface area contributed by atoms with Gasteiger partial charge in [-0.15, -0.1) is 0 Å². The van der Waals surface area contributed by atoms with E-state index in [0.717, 1.165) is 0 Å². The Balaban J connectivity index is 1.21. The fourth-order valence-electron chi connectivity index (χ4n) is 5.43. The fourth-order valence-corrected chi connectivity index (χ4v) is 7.81. The molecular weight excluding hydrogens is 664 g/mol. The zero-order valence-electron chi connectivity index (χ0n) is 22.5. The number of aliphatic hydroxyl groups is 2. The average molecular weight is 689 g/mol. The van der Waals surface area contributed by atoms with E-state index < -0.39 is 82.4 Å². The Labute approximate surface area is 255 Å². The number of aromatic nitrogens is 7. The van der Waals surface area contributed by atoms with Crippen molar-refractivity contribution >= 4 is 60.3 Å². The molecule has 7 rings (SSSR count). The maximum absolute atomic E-state index is 13.1. The third-order valence-electron chi connectivity index (χ3n) is 7.47. The van der Waals surface area contributed by atoms with E-state index in [4.69, 9.17) is 50.8 Å². The second-order valence-electron chi connectivity index (χ2n) is 10.3. The summed E-state index contributed by atoms with van der Waals surface area (Å²) in [7, 11) is -5.00. The normalized spacial score (nSPS) is 37.7. The molecule has 0 amide bonds. The monoisotopic (exact) mass is 689 g/mol. The second-order valence-corrected chi connectivity index (χ2v) is 14.5. The van der Waals surface area contributed by atoms with Gasteiger partial charge in [-0.3, -0.25) is 27.9 Å². The highest BCUT2D eigenvalue weighted by atomic mass is 32.5. The Kier molecular flexibility index (Phi) is 7.56. The lowest BCUT2D eigenvalue weighted by Gasteiger charge is -2.27. The number of aromatic amines is 1. The van der Waals surface area contributed by atoms with Crippen molar-refractivity contribution in [2.45, 2.75) is 49.1 Å². The number of anilines is 2. The highest BCUT2D eigenvalue weighted by Gasteiger charge is 2.53. The third kappa shape index (κ3) is 5.46. The predicted octanol–water partition coefficient (Wildman–Crippen LogP) is -1.62. The zero-order valence-corrected chi connectivity index (χ0v) is 25.1. The van der Waals surface area contributed by atoms with Gasteiger partial charge in [0.05, 0.1) is 24.9 Å². The van der Waals surface area contributed by atoms with Crippen LogP contribution in [0, 0.1) is 0 Å². The number of rotatable bonds is 2. The van der Waals surface area contributed by atoms with Crippen LogP contribution < -0.4 is 17.0 Å². The first kappa shape index (κ1) is 30.7. The number of phosphoric ester groups is 1. The molecule has 4 unspecified atom stereocenters. The summed E-state index contributed by atoms with van der Waals surface area (Å²) in [5, 5.41) is 22.4. The topological polar surface area (TPSA) is 300 Å². The maximum atomic E-state index is 13.1. The molecule has 21 nitrogen and oxygen atoms in total. The number of nitrogens with two attached hydrogens (primary N) is 2. The van der Waals surface area contributed by atoms with Crippen molar-refractivity contribution in [1.82, 2.24) is 34.1 Å². The lowest BCUT2D eigenvalue weighted by Crippen LogP contribution is -2.36. The number of hydrogen-bond donors (Lipinski definition) is 7. The first-order valence-electron chi connectivity index (χ1n) is 13.1. The van der Waals surface area contributed by atoms with Gasteiger partial charge in [-0.25, -0.2) is 19.5 Å². The quantitative estimate of drug-likeness (QED) is 0.116. The average Bonchev–Trinajstić information content (AvgIpc) is 3.72. The number of phosphoric acid groups is 1. The Bertz CT molecular complexity index is 1940. The maximum Gasteiger partial charge on any atom is 0.472 e. The first-order valence-corrected chi connectivity index (χ1v) is 17.2. The Morgan fingerprint density at radius 3 is 2.51 bits per heavy atom. The molecule has 0 saturated carbocycles. The van der Waals surface area contributed by atoms with Crippen LogP contribution in [-0.2, 0) is 43.9 Å². The summed E-state index contributed by atoms with van der Waals surface area (Å²) in [6.07, 6.45) is -7.70. The van der Waals surface area contributed by atoms with Gasteiger partial charge < -0.3 is 50.0 Å². The summed E-state index contributed by atoms with van der Waals surface area (Å²) in [4.78, 5) is 52.7. The zero-order chi connectivity index (χ0) is 31.8. The number of imidazole rings is 1. The molecule has 0 spiro atoms. The first-order chi connectivity index (χ1) is 21.3. The van der Waals surface area contributed by atoms with E-state index in [1.54, 1.807) is 0 Å². The number of nitrogens with zero attached hydrogens (tertiary/aromatic N) is 6. The van der Waals surface area contributed by atoms with Crippen LogP contribution in [-0.4, -0.2) is 104 Å². The Morgan fingerprint density at radius 1 is 0.956 bits per heavy atom. The molecule has 3 saturated heterocycles. The molecule has 0 radical (unpaired) electrons. The van der Waals surface area contributed by atoms with Crippen molar-refractivity contribution in [2.24, 2.45) is 0 Å². The van der Waals surface area contributed by atoms with Gasteiger partial charge in [0.2, 0.25) is 5.95 Å². The predicted molar refractivity (Wildman–Crippen MR) is 152 cm³/mol. The van der Waals surface area contributed by atoms with Crippen molar-refractivity contribution in [1.29, 1.82) is 0 Å². The van der Waals surface area contributed by atoms with Gasteiger partial charge in [0, 0.05) is 6.20 Å². The van der Waals surface area contributed by atoms with Crippen LogP contribution in [0.5, 0.6) is 0 Å². The van der Waals surface area contributed by atoms with Crippen molar-refractivity contribution in [2.75, 3.05) is 24.7 Å². The van der Waals surface area contributed by atoms with E-state index in [0.29, 0.717) is 0 Å². The summed E-state index contributed by atoms with van der Waals surface area (Å²) < 4.78 is 49.3. The molecule has 242 valence electrons. The minimum absolute atomic E-state index is 0.0503. The standard InChI is InChI=1S/C21H25N9O12P2S/c22-15-10-17(25-5-24-15)30(6-26-10)19-12(32)13-9(40-19)4-38-44(36,45)42-14-11(31)8(3-37-43(34,35)41-13)39-20(14)29-2-1-7-16(29)27-21(23)28-18(7)33/h1-2,5-6,8-9,11-14,19-20,31-32H,3-4H2,(H,34,35)(H,36,45)(H2,22,24,25)(H3,23,27,28,33)/t8-,9-,11?,12?,13+,14+,19-,20-,44?/m1/s1. The van der Waals surface area contributed by atoms with Crippen molar-refractivity contribution in [3.63, 3.8) is 0 Å². The molecule has 2 bridgehead atoms. The number of nitrogen functional groups attached to an aromatic ring is 2. The molecule has 0 aliphatic carbocycles. The lowest BCUT2D eigenvalue weighted by atomic mass is 10.1. The lowest BCUT2D eigenvalue weighted by molar-refractivity contribution is -0.0634. The minimum atomic E-state index is -5.00. The van der Waals surface area contributed by atoms with Crippen molar-refractivity contribution in [3.05, 3.63) is 35.3 Å². The number of aliphatic hydroxyl groups excluding tert-OH is 2. The van der Waals surface area contributed by atoms with Gasteiger partial charge in [0.15, 0.2) is 29.6 Å². The van der Waals surface area contributed by atoms with Gasteiger partial charge in [-0.1, -0.05) is 0 Å². The van der Waals surface area contributed by atoms with E-state index >= 15 is 0 Å². The van der Waals surface area contributed by atoms with Gasteiger partial charge in [-0.05, 0) is 17.9 Å². The van der Waals surface area contributed by atoms with E-state index in [2.05, 4.69) is 24.9 Å². The largest absolute Gasteiger partial charge is 0.472 e. The molecule has 3 aliphatic rings. The van der Waals surface area contributed by atoms with Crippen molar-refractivity contribution < 1.29 is 52.1 Å². The second kappa shape index (κ2) is 11.1. The molecular formula is C21H25N9O12P2S. The number of fused-ring (bicyclic) bond motifs is 5. The van der Waals surface area contributed by atoms with Gasteiger partial charge in [0.25, 0.3) is 5.56 Å². The summed E-state index contributed by atoms with van der Waals surface area (Å²) in [6.45, 7) is -5.60. The van der Waals surface area contributed by atoms with E-state index in [9.17, 15) is 29.4 Å². The molecule has 45 heavy (non-hydrogen) atoms. The minimum Gasteiger partial charge on any atom is -0.387 e. The Hall–Kier alpha value is -2.95. The third-order valence-corrected chi connectivity index (χ3v) is 10.0. The number of nitrogens with one attached hydrogen (secondary N) is 1. The van der Waals surface area contributed by atoms with Crippen LogP contribution in [0.4, 0.5) is 11.8 Å². The van der Waals surface area contributed by atoms with E-state index in [-0.39, 0.29) is 34.0 Å². The summed E-state index contributed by atoms with van der Waals surface area (Å²) >= 11 is 5.23. The van der Waals surface area contributed by atoms with Crippen LogP contribution in [0.2, 0.25) is 0 Å². The summed E-state index contributed by atoms with van der Waals surface area (Å²) in [6, 6.07) is 1.42. The van der Waals surface area contributed by atoms with Crippen molar-refractivity contribution in [3.8, 4) is 0 Å². The highest BCUT2D eigenvalue weighted by molar-refractivity contribution is 8.07. The SMILES string of the molecule is Nc1nc2c(ccn2[C@@H]2O[C@@H]3COP(=O)(O)O[C@@H]4C(O)[C@H](n5cnc6c(N)ncnc65)O[C@@H]4COP(O)(=S)O[C@H]2C3O)c(=O)[nH]1. The fraction of sp³-hybridized carbons (Fsp3) is 0.476. The smallest absolute Gasteiger partial charge is 0.387 e. The molecule has 4 aromatic heterocycles. The van der Waals surface area contributed by atoms with E-state index in [1.807, 2.05) is 0 Å². The molecule has 3 fully saturated rings. The number of hydrogen-bond acceptors (Lipinski definition) is 17. The molecule has 4 aromatic rings. The van der Waals surface area contributed by atoms with Gasteiger partial charge in [-0.2, -0.15) is 4.98 Å². The molecule has 7 heterocycles. The highest BCUT2D eigenvalue weighted by Crippen LogP contribution is 2.54. The van der Waals surface area contributed by atoms with Crippen LogP contribution in [0.15, 0.2) is 29.7 Å². The van der Waals surface area contributed by atoms with Crippen LogP contribution >= 0.6 is 14.5 Å². The molecule has 9 N–H and O–H groups in total. The summed E-state index contributed by atoms with van der Waals surface area (Å²) in [5.41, 5.74) is 11.5. The molecule has 0 aromatic carbocycles. The molecule has 10 atom stereocenters. The van der Waals surface area contributed by atoms with E-state index in [1.165, 1.54) is 34.1 Å². The number of ether oxygens (including phenoxy) is 2. The Morgan fingerprint density at radius 2 is 1.71 bits per heavy atom. The van der Waals surface area contributed by atoms with Gasteiger partial charge in [0.1, 0.15) is 48.5 Å². The van der Waals surface area contributed by atoms with Crippen LogP contribution in [0.1, 0.15) is 12.5 Å². The van der Waals surface area contributed by atoms with Gasteiger partial charge >= 0.3 is 14.5 Å². The van der Waals surface area contributed by atoms with Crippen LogP contribution in [0.25, 0.3) is 22.2 Å². The number of H-pyrrole nitrogens is 1. The van der Waals surface area contributed by atoms with Crippen LogP contribution in [0.3, 0.4) is 0 Å². The molecule has 3 aliphatic heterocycles. The molecule has 24 heteroatoms. The summed E-state index contributed by atoms with van der Waals surface area (Å²) in [5.74, 6) is -0.137.